The van der Waals surface area contributed by atoms with Crippen LogP contribution in [0.5, 0.6) is 0 Å². The second kappa shape index (κ2) is 7.98. The highest BCUT2D eigenvalue weighted by Crippen LogP contribution is 2.40. The standard InChI is InChI=1S/C17H30N2O2.ClH/c18-13-17(7-2-1-3-8-17)10-16(20)19(15-4-5-15)11-14-6-9-21-12-14;/h14-15H,1-13,18H2;1H. The molecule has 1 unspecified atom stereocenters. The zero-order valence-corrected chi connectivity index (χ0v) is 14.4. The fraction of sp³-hybridized carbons (Fsp3) is 0.941. The predicted octanol–water partition coefficient (Wildman–Crippen LogP) is 2.74. The molecule has 0 radical (unpaired) electrons. The van der Waals surface area contributed by atoms with Crippen LogP contribution >= 0.6 is 12.4 Å². The Morgan fingerprint density at radius 3 is 2.45 bits per heavy atom. The first-order chi connectivity index (χ1) is 10.2. The van der Waals surface area contributed by atoms with E-state index in [0.717, 1.165) is 39.0 Å². The van der Waals surface area contributed by atoms with Crippen LogP contribution in [0.25, 0.3) is 0 Å². The fourth-order valence-corrected chi connectivity index (χ4v) is 4.02. The van der Waals surface area contributed by atoms with Crippen LogP contribution in [0.4, 0.5) is 0 Å². The lowest BCUT2D eigenvalue weighted by molar-refractivity contribution is -0.135. The first-order valence-electron chi connectivity index (χ1n) is 8.80. The molecule has 1 amide bonds. The molecule has 0 aromatic carbocycles. The predicted molar refractivity (Wildman–Crippen MR) is 90.1 cm³/mol. The van der Waals surface area contributed by atoms with E-state index in [1.165, 1.54) is 32.1 Å². The van der Waals surface area contributed by atoms with Gasteiger partial charge in [0.05, 0.1) is 6.61 Å². The molecule has 1 aliphatic heterocycles. The van der Waals surface area contributed by atoms with Gasteiger partial charge in [-0.15, -0.1) is 12.4 Å². The molecule has 128 valence electrons. The van der Waals surface area contributed by atoms with Gasteiger partial charge < -0.3 is 15.4 Å². The van der Waals surface area contributed by atoms with Gasteiger partial charge in [0.2, 0.25) is 5.91 Å². The van der Waals surface area contributed by atoms with E-state index >= 15 is 0 Å². The quantitative estimate of drug-likeness (QED) is 0.814. The monoisotopic (exact) mass is 330 g/mol. The van der Waals surface area contributed by atoms with Gasteiger partial charge in [-0.3, -0.25) is 4.79 Å². The number of halogens is 1. The highest BCUT2D eigenvalue weighted by molar-refractivity contribution is 5.85. The average molecular weight is 331 g/mol. The van der Waals surface area contributed by atoms with Gasteiger partial charge in [-0.2, -0.15) is 0 Å². The van der Waals surface area contributed by atoms with Crippen LogP contribution in [0.1, 0.15) is 57.8 Å². The van der Waals surface area contributed by atoms with E-state index in [9.17, 15) is 4.79 Å². The Balaban J connectivity index is 0.00000176. The molecule has 4 nitrogen and oxygen atoms in total. The van der Waals surface area contributed by atoms with E-state index in [1.54, 1.807) is 0 Å². The number of ether oxygens (including phenoxy) is 1. The van der Waals surface area contributed by atoms with Gasteiger partial charge >= 0.3 is 0 Å². The third-order valence-electron chi connectivity index (χ3n) is 5.66. The number of amides is 1. The summed E-state index contributed by atoms with van der Waals surface area (Å²) in [5.41, 5.74) is 6.14. The van der Waals surface area contributed by atoms with E-state index in [2.05, 4.69) is 4.90 Å². The summed E-state index contributed by atoms with van der Waals surface area (Å²) in [5, 5.41) is 0. The van der Waals surface area contributed by atoms with E-state index in [-0.39, 0.29) is 17.8 Å². The number of carbonyl (C=O) groups is 1. The van der Waals surface area contributed by atoms with Crippen molar-refractivity contribution in [2.24, 2.45) is 17.1 Å². The van der Waals surface area contributed by atoms with Gasteiger partial charge in [0.1, 0.15) is 0 Å². The zero-order valence-electron chi connectivity index (χ0n) is 13.6. The highest BCUT2D eigenvalue weighted by Gasteiger charge is 2.39. The number of hydrogen-bond acceptors (Lipinski definition) is 3. The minimum Gasteiger partial charge on any atom is -0.381 e. The summed E-state index contributed by atoms with van der Waals surface area (Å²) in [4.78, 5) is 15.0. The van der Waals surface area contributed by atoms with Gasteiger partial charge in [-0.25, -0.2) is 0 Å². The lowest BCUT2D eigenvalue weighted by Gasteiger charge is -2.37. The van der Waals surface area contributed by atoms with Crippen LogP contribution in [0.2, 0.25) is 0 Å². The van der Waals surface area contributed by atoms with Crippen molar-refractivity contribution in [2.45, 2.75) is 63.8 Å². The fourth-order valence-electron chi connectivity index (χ4n) is 4.02. The smallest absolute Gasteiger partial charge is 0.223 e. The lowest BCUT2D eigenvalue weighted by Crippen LogP contribution is -2.43. The first-order valence-corrected chi connectivity index (χ1v) is 8.80. The number of nitrogens with two attached hydrogens (primary N) is 1. The maximum absolute atomic E-state index is 12.9. The molecule has 0 spiro atoms. The van der Waals surface area contributed by atoms with Crippen molar-refractivity contribution in [3.05, 3.63) is 0 Å². The molecule has 0 aromatic heterocycles. The van der Waals surface area contributed by atoms with Crippen LogP contribution in [0.3, 0.4) is 0 Å². The van der Waals surface area contributed by atoms with Crippen LogP contribution < -0.4 is 5.73 Å². The molecule has 3 fully saturated rings. The Morgan fingerprint density at radius 1 is 1.18 bits per heavy atom. The molecule has 5 heteroatoms. The second-order valence-corrected chi connectivity index (χ2v) is 7.45. The van der Waals surface area contributed by atoms with E-state index < -0.39 is 0 Å². The normalized spacial score (nSPS) is 27.2. The maximum atomic E-state index is 12.9. The van der Waals surface area contributed by atoms with Crippen LogP contribution in [0.15, 0.2) is 0 Å². The molecule has 3 rings (SSSR count). The summed E-state index contributed by atoms with van der Waals surface area (Å²) in [6.45, 7) is 3.27. The van der Waals surface area contributed by atoms with Gasteiger partial charge in [-0.05, 0) is 44.1 Å². The number of rotatable bonds is 6. The topological polar surface area (TPSA) is 55.6 Å². The second-order valence-electron chi connectivity index (χ2n) is 7.45. The van der Waals surface area contributed by atoms with Gasteiger partial charge in [0.15, 0.2) is 0 Å². The summed E-state index contributed by atoms with van der Waals surface area (Å²) in [6.07, 6.45) is 10.2. The van der Waals surface area contributed by atoms with Crippen LogP contribution in [0, 0.1) is 11.3 Å². The number of nitrogens with zero attached hydrogens (tertiary/aromatic N) is 1. The Morgan fingerprint density at radius 2 is 1.91 bits per heavy atom. The highest BCUT2D eigenvalue weighted by atomic mass is 35.5. The summed E-state index contributed by atoms with van der Waals surface area (Å²) in [7, 11) is 0. The first kappa shape index (κ1) is 18.0. The van der Waals surface area contributed by atoms with Crippen molar-refractivity contribution in [2.75, 3.05) is 26.3 Å². The molecule has 0 aromatic rings. The molecule has 2 aliphatic carbocycles. The molecule has 1 saturated heterocycles. The molecule has 0 bridgehead atoms. The largest absolute Gasteiger partial charge is 0.381 e. The molecule has 22 heavy (non-hydrogen) atoms. The summed E-state index contributed by atoms with van der Waals surface area (Å²) >= 11 is 0. The van der Waals surface area contributed by atoms with Crippen LogP contribution in [-0.4, -0.2) is 43.2 Å². The number of carbonyl (C=O) groups excluding carboxylic acids is 1. The third-order valence-corrected chi connectivity index (χ3v) is 5.66. The summed E-state index contributed by atoms with van der Waals surface area (Å²) in [5.74, 6) is 0.909. The van der Waals surface area contributed by atoms with Gasteiger partial charge in [0, 0.05) is 31.5 Å². The molecule has 3 aliphatic rings. The van der Waals surface area contributed by atoms with E-state index in [0.29, 0.717) is 30.8 Å². The lowest BCUT2D eigenvalue weighted by atomic mass is 9.71. The van der Waals surface area contributed by atoms with Gasteiger partial charge in [0.25, 0.3) is 0 Å². The Hall–Kier alpha value is -0.320. The number of hydrogen-bond donors (Lipinski definition) is 1. The van der Waals surface area contributed by atoms with Crippen molar-refractivity contribution < 1.29 is 9.53 Å². The maximum Gasteiger partial charge on any atom is 0.223 e. The van der Waals surface area contributed by atoms with Crippen molar-refractivity contribution in [3.8, 4) is 0 Å². The third kappa shape index (κ3) is 4.36. The Bertz CT molecular complexity index is 362. The summed E-state index contributed by atoms with van der Waals surface area (Å²) in [6, 6.07) is 0.511. The van der Waals surface area contributed by atoms with E-state index in [4.69, 9.17) is 10.5 Å². The van der Waals surface area contributed by atoms with Crippen molar-refractivity contribution in [1.82, 2.24) is 4.90 Å². The van der Waals surface area contributed by atoms with Crippen LogP contribution in [-0.2, 0) is 9.53 Å². The minimum absolute atomic E-state index is 0. The summed E-state index contributed by atoms with van der Waals surface area (Å²) < 4.78 is 5.47. The molecule has 2 N–H and O–H groups in total. The zero-order chi connectivity index (χ0) is 14.7. The van der Waals surface area contributed by atoms with Crippen molar-refractivity contribution in [3.63, 3.8) is 0 Å². The molecular formula is C17H31ClN2O2. The Labute approximate surface area is 140 Å². The molecular weight excluding hydrogens is 300 g/mol. The average Bonchev–Trinajstić information content (AvgIpc) is 3.22. The minimum atomic E-state index is 0. The van der Waals surface area contributed by atoms with E-state index in [1.807, 2.05) is 0 Å². The molecule has 1 heterocycles. The Kier molecular flexibility index (Phi) is 6.54. The molecule has 1 atom stereocenters. The van der Waals surface area contributed by atoms with Crippen molar-refractivity contribution >= 4 is 18.3 Å². The van der Waals surface area contributed by atoms with Crippen molar-refractivity contribution in [1.29, 1.82) is 0 Å². The molecule has 2 saturated carbocycles. The van der Waals surface area contributed by atoms with Gasteiger partial charge in [-0.1, -0.05) is 19.3 Å². The SMILES string of the molecule is Cl.NCC1(CC(=O)N(CC2CCOC2)C2CC2)CCCCC1.